The highest BCUT2D eigenvalue weighted by Crippen LogP contribution is 2.23. The summed E-state index contributed by atoms with van der Waals surface area (Å²) >= 11 is 7.55. The molecular weight excluding hydrogens is 338 g/mol. The maximum absolute atomic E-state index is 12.3. The molecule has 4 heteroatoms. The fourth-order valence-electron chi connectivity index (χ4n) is 2.49. The Labute approximate surface area is 154 Å². The van der Waals surface area contributed by atoms with Crippen LogP contribution in [0.5, 0.6) is 0 Å². The number of amides is 1. The average molecular weight is 362 g/mol. The highest BCUT2D eigenvalue weighted by molar-refractivity contribution is 7.99. The van der Waals surface area contributed by atoms with E-state index in [0.29, 0.717) is 12.3 Å². The summed E-state index contributed by atoms with van der Waals surface area (Å²) in [4.78, 5) is 13.4. The van der Waals surface area contributed by atoms with Crippen molar-refractivity contribution in [3.05, 3.63) is 65.2 Å². The van der Waals surface area contributed by atoms with Crippen LogP contribution in [0.4, 0.5) is 0 Å². The van der Waals surface area contributed by atoms with Gasteiger partial charge in [0.05, 0.1) is 6.04 Å². The fraction of sp³-hybridized carbons (Fsp3) is 0.350. The maximum atomic E-state index is 12.3. The van der Waals surface area contributed by atoms with Crippen molar-refractivity contribution >= 4 is 29.3 Å². The molecular formula is C20H24ClNOS. The van der Waals surface area contributed by atoms with E-state index < -0.39 is 0 Å². The number of halogens is 1. The maximum Gasteiger partial charge on any atom is 0.221 e. The minimum atomic E-state index is 0.0826. The lowest BCUT2D eigenvalue weighted by atomic mass is 9.97. The van der Waals surface area contributed by atoms with Gasteiger partial charge in [-0.1, -0.05) is 55.8 Å². The molecule has 0 aliphatic heterocycles. The van der Waals surface area contributed by atoms with Gasteiger partial charge in [-0.05, 0) is 42.2 Å². The van der Waals surface area contributed by atoms with Crippen molar-refractivity contribution in [3.8, 4) is 0 Å². The molecule has 0 unspecified atom stereocenters. The summed E-state index contributed by atoms with van der Waals surface area (Å²) < 4.78 is 0. The molecule has 2 nitrogen and oxygen atoms in total. The van der Waals surface area contributed by atoms with E-state index in [4.69, 9.17) is 11.6 Å². The van der Waals surface area contributed by atoms with Crippen LogP contribution in [0, 0.1) is 5.92 Å². The van der Waals surface area contributed by atoms with Gasteiger partial charge in [0.1, 0.15) is 0 Å². The van der Waals surface area contributed by atoms with Crippen molar-refractivity contribution < 1.29 is 4.79 Å². The fourth-order valence-corrected chi connectivity index (χ4v) is 3.47. The van der Waals surface area contributed by atoms with Crippen molar-refractivity contribution in [2.45, 2.75) is 37.6 Å². The Bertz CT molecular complexity index is 628. The Kier molecular flexibility index (Phi) is 7.67. The summed E-state index contributed by atoms with van der Waals surface area (Å²) in [7, 11) is 0. The Morgan fingerprint density at radius 2 is 1.75 bits per heavy atom. The molecule has 0 heterocycles. The molecule has 0 fully saturated rings. The molecule has 0 aliphatic rings. The van der Waals surface area contributed by atoms with Gasteiger partial charge in [0.2, 0.25) is 5.91 Å². The van der Waals surface area contributed by atoms with Crippen LogP contribution in [0.3, 0.4) is 0 Å². The number of carbonyl (C=O) groups excluding carboxylic acids is 1. The van der Waals surface area contributed by atoms with Crippen molar-refractivity contribution in [3.63, 3.8) is 0 Å². The first-order valence-electron chi connectivity index (χ1n) is 8.27. The first-order chi connectivity index (χ1) is 11.5. The molecule has 24 heavy (non-hydrogen) atoms. The van der Waals surface area contributed by atoms with Gasteiger partial charge >= 0.3 is 0 Å². The summed E-state index contributed by atoms with van der Waals surface area (Å²) in [5.41, 5.74) is 1.17. The standard InChI is InChI=1S/C20H24ClNOS/c1-15(2)14-19(16-6-4-3-5-7-16)22-20(23)12-13-24-18-10-8-17(21)9-11-18/h3-11,15,19H,12-14H2,1-2H3,(H,22,23)/t19-/m1/s1. The van der Waals surface area contributed by atoms with E-state index in [-0.39, 0.29) is 11.9 Å². The SMILES string of the molecule is CC(C)C[C@@H](NC(=O)CCSc1ccc(Cl)cc1)c1ccccc1. The number of hydrogen-bond acceptors (Lipinski definition) is 2. The van der Waals surface area contributed by atoms with E-state index in [1.54, 1.807) is 11.8 Å². The van der Waals surface area contributed by atoms with Crippen LogP contribution >= 0.6 is 23.4 Å². The quantitative estimate of drug-likeness (QED) is 0.608. The second kappa shape index (κ2) is 9.75. The van der Waals surface area contributed by atoms with E-state index in [1.165, 1.54) is 5.56 Å². The number of benzene rings is 2. The van der Waals surface area contributed by atoms with Crippen LogP contribution in [0.2, 0.25) is 5.02 Å². The smallest absolute Gasteiger partial charge is 0.221 e. The second-order valence-corrected chi connectivity index (χ2v) is 7.82. The zero-order chi connectivity index (χ0) is 17.4. The molecule has 0 saturated carbocycles. The molecule has 2 rings (SSSR count). The Morgan fingerprint density at radius 3 is 2.38 bits per heavy atom. The Balaban J connectivity index is 1.85. The van der Waals surface area contributed by atoms with E-state index in [2.05, 4.69) is 31.3 Å². The molecule has 0 spiro atoms. The van der Waals surface area contributed by atoms with Crippen LogP contribution in [0.25, 0.3) is 0 Å². The van der Waals surface area contributed by atoms with Gasteiger partial charge < -0.3 is 5.32 Å². The molecule has 2 aromatic carbocycles. The zero-order valence-corrected chi connectivity index (χ0v) is 15.7. The van der Waals surface area contributed by atoms with Gasteiger partial charge in [-0.25, -0.2) is 0 Å². The lowest BCUT2D eigenvalue weighted by Crippen LogP contribution is -2.29. The summed E-state index contributed by atoms with van der Waals surface area (Å²) in [6.07, 6.45) is 1.45. The summed E-state index contributed by atoms with van der Waals surface area (Å²) in [5.74, 6) is 1.39. The largest absolute Gasteiger partial charge is 0.349 e. The van der Waals surface area contributed by atoms with Gasteiger partial charge in [0, 0.05) is 22.1 Å². The minimum absolute atomic E-state index is 0.0826. The van der Waals surface area contributed by atoms with Crippen LogP contribution < -0.4 is 5.32 Å². The number of carbonyl (C=O) groups is 1. The van der Waals surface area contributed by atoms with E-state index in [1.807, 2.05) is 42.5 Å². The third-order valence-electron chi connectivity index (χ3n) is 3.66. The molecule has 128 valence electrons. The normalized spacial score (nSPS) is 12.2. The van der Waals surface area contributed by atoms with Gasteiger partial charge in [-0.15, -0.1) is 11.8 Å². The molecule has 0 aliphatic carbocycles. The predicted molar refractivity (Wildman–Crippen MR) is 104 cm³/mol. The number of rotatable bonds is 8. The van der Waals surface area contributed by atoms with Crippen molar-refractivity contribution in [1.29, 1.82) is 0 Å². The molecule has 0 saturated heterocycles. The van der Waals surface area contributed by atoms with Crippen molar-refractivity contribution in [2.75, 3.05) is 5.75 Å². The first-order valence-corrected chi connectivity index (χ1v) is 9.63. The van der Waals surface area contributed by atoms with Gasteiger partial charge in [-0.3, -0.25) is 4.79 Å². The number of nitrogens with one attached hydrogen (secondary N) is 1. The summed E-state index contributed by atoms with van der Waals surface area (Å²) in [6.45, 7) is 4.36. The van der Waals surface area contributed by atoms with Gasteiger partial charge in [0.25, 0.3) is 0 Å². The number of thioether (sulfide) groups is 1. The molecule has 2 aromatic rings. The lowest BCUT2D eigenvalue weighted by molar-refractivity contribution is -0.121. The molecule has 0 bridgehead atoms. The third kappa shape index (κ3) is 6.58. The Hall–Kier alpha value is -1.45. The third-order valence-corrected chi connectivity index (χ3v) is 4.92. The molecule has 0 aromatic heterocycles. The monoisotopic (exact) mass is 361 g/mol. The van der Waals surface area contributed by atoms with Crippen LogP contribution in [-0.4, -0.2) is 11.7 Å². The Morgan fingerprint density at radius 1 is 1.08 bits per heavy atom. The number of hydrogen-bond donors (Lipinski definition) is 1. The van der Waals surface area contributed by atoms with Crippen molar-refractivity contribution in [2.24, 2.45) is 5.92 Å². The molecule has 0 radical (unpaired) electrons. The van der Waals surface area contributed by atoms with Crippen LogP contribution in [0.1, 0.15) is 38.3 Å². The van der Waals surface area contributed by atoms with Crippen molar-refractivity contribution in [1.82, 2.24) is 5.32 Å². The second-order valence-electron chi connectivity index (χ2n) is 6.21. The first kappa shape index (κ1) is 18.9. The van der Waals surface area contributed by atoms with E-state index in [9.17, 15) is 4.79 Å². The molecule has 1 amide bonds. The van der Waals surface area contributed by atoms with E-state index in [0.717, 1.165) is 22.1 Å². The topological polar surface area (TPSA) is 29.1 Å². The van der Waals surface area contributed by atoms with Crippen LogP contribution in [0.15, 0.2) is 59.5 Å². The van der Waals surface area contributed by atoms with Gasteiger partial charge in [-0.2, -0.15) is 0 Å². The minimum Gasteiger partial charge on any atom is -0.349 e. The average Bonchev–Trinajstić information content (AvgIpc) is 2.56. The lowest BCUT2D eigenvalue weighted by Gasteiger charge is -2.21. The van der Waals surface area contributed by atoms with E-state index >= 15 is 0 Å². The molecule has 1 N–H and O–H groups in total. The zero-order valence-electron chi connectivity index (χ0n) is 14.2. The highest BCUT2D eigenvalue weighted by Gasteiger charge is 2.15. The molecule has 1 atom stereocenters. The van der Waals surface area contributed by atoms with Crippen LogP contribution in [-0.2, 0) is 4.79 Å². The van der Waals surface area contributed by atoms with Gasteiger partial charge in [0.15, 0.2) is 0 Å². The predicted octanol–water partition coefficient (Wildman–Crippen LogP) is 5.73. The summed E-state index contributed by atoms with van der Waals surface area (Å²) in [6, 6.07) is 18.0. The highest BCUT2D eigenvalue weighted by atomic mass is 35.5. The summed E-state index contributed by atoms with van der Waals surface area (Å²) in [5, 5.41) is 3.92.